The van der Waals surface area contributed by atoms with Crippen molar-refractivity contribution in [3.05, 3.63) is 60.2 Å². The van der Waals surface area contributed by atoms with E-state index >= 15 is 0 Å². The summed E-state index contributed by atoms with van der Waals surface area (Å²) in [6.07, 6.45) is 0. The Kier molecular flexibility index (Phi) is 5.20. The van der Waals surface area contributed by atoms with Gasteiger partial charge in [0, 0.05) is 10.5 Å². The number of amidine groups is 1. The molecule has 0 aliphatic carbocycles. The van der Waals surface area contributed by atoms with Crippen LogP contribution >= 0.6 is 11.8 Å². The summed E-state index contributed by atoms with van der Waals surface area (Å²) in [5.74, 6) is -1.09. The smallest absolute Gasteiger partial charge is 0.226 e. The van der Waals surface area contributed by atoms with Gasteiger partial charge in [-0.15, -0.1) is 0 Å². The van der Waals surface area contributed by atoms with Crippen LogP contribution in [-0.4, -0.2) is 17.6 Å². The zero-order chi connectivity index (χ0) is 13.5. The van der Waals surface area contributed by atoms with Crippen molar-refractivity contribution in [2.45, 2.75) is 4.90 Å². The Morgan fingerprint density at radius 3 is 2.50 bits per heavy atom. The molecule has 0 unspecified atom stereocenters. The third-order valence-corrected chi connectivity index (χ3v) is 2.88. The highest BCUT2D eigenvalue weighted by atomic mass is 32.2. The molecule has 1 aromatic rings. The molecule has 4 nitrogen and oxygen atoms in total. The highest BCUT2D eigenvalue weighted by molar-refractivity contribution is 7.99. The lowest BCUT2D eigenvalue weighted by molar-refractivity contribution is -0.114. The molecule has 0 amide bonds. The number of hydrogen-bond acceptors (Lipinski definition) is 3. The molecule has 18 heavy (non-hydrogen) atoms. The molecule has 1 aromatic carbocycles. The van der Waals surface area contributed by atoms with Crippen LogP contribution in [0.15, 0.2) is 59.7 Å². The fraction of sp³-hybridized carbons (Fsp3) is 0.0769. The van der Waals surface area contributed by atoms with Crippen molar-refractivity contribution in [1.82, 2.24) is 0 Å². The monoisotopic (exact) mass is 261 g/mol. The van der Waals surface area contributed by atoms with Gasteiger partial charge in [-0.1, -0.05) is 49.0 Å². The van der Waals surface area contributed by atoms with Crippen LogP contribution in [-0.2, 0) is 9.53 Å². The predicted molar refractivity (Wildman–Crippen MR) is 74.1 cm³/mol. The van der Waals surface area contributed by atoms with Gasteiger partial charge < -0.3 is 15.9 Å². The maximum atomic E-state index is 11.5. The van der Waals surface area contributed by atoms with E-state index in [4.69, 9.17) is 15.9 Å². The number of hydrogen-bond donors (Lipinski definition) is 1. The number of nitrogens with zero attached hydrogens (tertiary/aromatic N) is 1. The number of thioether (sulfide) groups is 1. The van der Waals surface area contributed by atoms with Gasteiger partial charge in [-0.25, -0.2) is 0 Å². The van der Waals surface area contributed by atoms with E-state index in [0.717, 1.165) is 4.90 Å². The van der Waals surface area contributed by atoms with Crippen LogP contribution in [0.2, 0.25) is 0 Å². The van der Waals surface area contributed by atoms with Crippen LogP contribution in [0.5, 0.6) is 0 Å². The molecule has 0 bridgehead atoms. The molecule has 0 radical (unpaired) electrons. The summed E-state index contributed by atoms with van der Waals surface area (Å²) in [5, 5.41) is 8.92. The van der Waals surface area contributed by atoms with Crippen molar-refractivity contribution < 1.29 is 9.53 Å². The summed E-state index contributed by atoms with van der Waals surface area (Å²) in [6.45, 7) is 6.80. The topological polar surface area (TPSA) is 74.6 Å². The van der Waals surface area contributed by atoms with Crippen molar-refractivity contribution in [3.63, 3.8) is 0 Å². The first-order chi connectivity index (χ1) is 8.52. The predicted octanol–water partition coefficient (Wildman–Crippen LogP) is 2.32. The first kappa shape index (κ1) is 14.1. The zero-order valence-electron chi connectivity index (χ0n) is 9.76. The summed E-state index contributed by atoms with van der Waals surface area (Å²) >= 11 is 1.42. The zero-order valence-corrected chi connectivity index (χ0v) is 10.6. The number of Topliss-reactive ketones (excluding diaryl/α,β-unsaturated/α-hetero) is 1. The lowest BCUT2D eigenvalue weighted by Gasteiger charge is -2.11. The molecule has 1 rings (SSSR count). The Hall–Kier alpha value is -2.01. The number of carbonyl (C=O) groups excluding carboxylic acids is 1. The summed E-state index contributed by atoms with van der Waals surface area (Å²) in [4.78, 5) is 12.6. The van der Waals surface area contributed by atoms with Gasteiger partial charge in [-0.3, -0.25) is 4.79 Å². The van der Waals surface area contributed by atoms with E-state index in [0.29, 0.717) is 0 Å². The number of ether oxygens (including phenoxy) is 1. The largest absolute Gasteiger partial charge is 0.494 e. The van der Waals surface area contributed by atoms with Gasteiger partial charge in [0.05, 0.1) is 0 Å². The Labute approximate surface area is 110 Å². The number of ketones is 1. The molecule has 0 spiro atoms. The molecule has 0 fully saturated rings. The van der Waals surface area contributed by atoms with E-state index < -0.39 is 11.6 Å². The van der Waals surface area contributed by atoms with Crippen molar-refractivity contribution in [2.24, 2.45) is 5.73 Å². The van der Waals surface area contributed by atoms with Crippen molar-refractivity contribution in [3.8, 4) is 0 Å². The minimum absolute atomic E-state index is 0.0968. The standard InChI is InChI=1S/C13H13N2O2S/c1-9(13(14)15)12(16)10(2)17-8-18-11-6-4-3-5-7-11/h3-7H,1-2,8H2,(H2-,14,15)/q-1. The van der Waals surface area contributed by atoms with E-state index in [1.54, 1.807) is 0 Å². The molecule has 94 valence electrons. The number of rotatable bonds is 7. The molecule has 0 aromatic heterocycles. The Morgan fingerprint density at radius 1 is 1.33 bits per heavy atom. The maximum Gasteiger partial charge on any atom is 0.226 e. The van der Waals surface area contributed by atoms with E-state index in [2.05, 4.69) is 13.2 Å². The summed E-state index contributed by atoms with van der Waals surface area (Å²) in [5.41, 5.74) is 4.83. The molecule has 0 atom stereocenters. The number of allylic oxidation sites excluding steroid dienone is 1. The Balaban J connectivity index is 2.40. The summed E-state index contributed by atoms with van der Waals surface area (Å²) < 4.78 is 5.16. The normalized spacial score (nSPS) is 9.56. The fourth-order valence-electron chi connectivity index (χ4n) is 1.04. The number of nitrogens with two attached hydrogens (primary N) is 1. The minimum Gasteiger partial charge on any atom is -0.494 e. The second-order valence-corrected chi connectivity index (χ2v) is 4.33. The quantitative estimate of drug-likeness (QED) is 0.204. The lowest BCUT2D eigenvalue weighted by Crippen LogP contribution is -2.20. The van der Waals surface area contributed by atoms with Gasteiger partial charge in [0.15, 0.2) is 5.76 Å². The second-order valence-electron chi connectivity index (χ2n) is 3.34. The molecule has 5 heteroatoms. The average molecular weight is 261 g/mol. The van der Waals surface area contributed by atoms with Crippen molar-refractivity contribution in [2.75, 3.05) is 5.94 Å². The fourth-order valence-corrected chi connectivity index (χ4v) is 1.72. The molecular formula is C13H13N2O2S-. The minimum atomic E-state index is -0.625. The molecule has 0 heterocycles. The molecular weight excluding hydrogens is 248 g/mol. The number of carbonyl (C=O) groups is 1. The van der Waals surface area contributed by atoms with E-state index in [1.165, 1.54) is 11.8 Å². The molecule has 0 saturated heterocycles. The lowest BCUT2D eigenvalue weighted by atomic mass is 10.1. The highest BCUT2D eigenvalue weighted by Gasteiger charge is 2.11. The SMILES string of the molecule is C=C(OCSc1ccccc1)C(=O)C(=C)C(=[N-])N. The van der Waals surface area contributed by atoms with Gasteiger partial charge in [0.1, 0.15) is 5.94 Å². The van der Waals surface area contributed by atoms with E-state index in [-0.39, 0.29) is 17.3 Å². The second kappa shape index (κ2) is 6.66. The molecule has 0 aliphatic heterocycles. The van der Waals surface area contributed by atoms with Crippen LogP contribution in [0.4, 0.5) is 0 Å². The third-order valence-electron chi connectivity index (χ3n) is 2.04. The number of benzene rings is 1. The average Bonchev–Trinajstić information content (AvgIpc) is 2.38. The van der Waals surface area contributed by atoms with Crippen LogP contribution in [0.25, 0.3) is 5.41 Å². The van der Waals surface area contributed by atoms with E-state index in [9.17, 15) is 4.79 Å². The van der Waals surface area contributed by atoms with Crippen LogP contribution in [0.1, 0.15) is 0 Å². The van der Waals surface area contributed by atoms with Crippen LogP contribution in [0, 0.1) is 0 Å². The maximum absolute atomic E-state index is 11.5. The van der Waals surface area contributed by atoms with Gasteiger partial charge >= 0.3 is 0 Å². The highest BCUT2D eigenvalue weighted by Crippen LogP contribution is 2.18. The van der Waals surface area contributed by atoms with Crippen molar-refractivity contribution in [1.29, 1.82) is 0 Å². The Bertz CT molecular complexity index is 483. The van der Waals surface area contributed by atoms with Gasteiger partial charge in [-0.2, -0.15) is 0 Å². The Morgan fingerprint density at radius 2 is 1.94 bits per heavy atom. The van der Waals surface area contributed by atoms with E-state index in [1.807, 2.05) is 30.3 Å². The van der Waals surface area contributed by atoms with Crippen LogP contribution in [0.3, 0.4) is 0 Å². The first-order valence-electron chi connectivity index (χ1n) is 5.07. The summed E-state index contributed by atoms with van der Waals surface area (Å²) in [7, 11) is 0. The van der Waals surface area contributed by atoms with Crippen molar-refractivity contribution >= 4 is 23.4 Å². The molecule has 0 saturated carbocycles. The molecule has 2 N–H and O–H groups in total. The van der Waals surface area contributed by atoms with Crippen LogP contribution < -0.4 is 5.73 Å². The van der Waals surface area contributed by atoms with Gasteiger partial charge in [-0.05, 0) is 12.1 Å². The third kappa shape index (κ3) is 4.10. The molecule has 0 aliphatic rings. The summed E-state index contributed by atoms with van der Waals surface area (Å²) in [6, 6.07) is 9.59. The van der Waals surface area contributed by atoms with Gasteiger partial charge in [0.25, 0.3) is 0 Å². The van der Waals surface area contributed by atoms with Gasteiger partial charge in [0.2, 0.25) is 5.78 Å². The first-order valence-corrected chi connectivity index (χ1v) is 6.06.